The Labute approximate surface area is 103 Å². The first kappa shape index (κ1) is 15.2. The van der Waals surface area contributed by atoms with Crippen molar-refractivity contribution in [3.8, 4) is 0 Å². The molecule has 0 aromatic heterocycles. The molecule has 1 aromatic carbocycles. The smallest absolute Gasteiger partial charge is 1.00 e. The Hall–Kier alpha value is 0.716. The Bertz CT molecular complexity index is 230. The fraction of sp³-hybridized carbons (Fsp3) is 0.250. The van der Waals surface area contributed by atoms with Gasteiger partial charge in [-0.1, -0.05) is 41.1 Å². The Morgan fingerprint density at radius 3 is 2.17 bits per heavy atom. The van der Waals surface area contributed by atoms with Gasteiger partial charge in [-0.15, -0.1) is 6.10 Å². The minimum atomic E-state index is -0.643. The van der Waals surface area contributed by atoms with Gasteiger partial charge in [0, 0.05) is 4.47 Å². The second-order valence-electron chi connectivity index (χ2n) is 2.16. The topological polar surface area (TPSA) is 23.1 Å². The van der Waals surface area contributed by atoms with Crippen LogP contribution in [0, 0.1) is 0 Å². The van der Waals surface area contributed by atoms with Crippen molar-refractivity contribution in [3.05, 3.63) is 34.3 Å². The van der Waals surface area contributed by atoms with Gasteiger partial charge in [-0.3, -0.25) is 0 Å². The van der Waals surface area contributed by atoms with Crippen LogP contribution in [0.2, 0.25) is 0 Å². The summed E-state index contributed by atoms with van der Waals surface area (Å²) >= 11 is 3.30. The van der Waals surface area contributed by atoms with Crippen molar-refractivity contribution in [2.45, 2.75) is 13.0 Å². The number of hydrogen-bond donors (Lipinski definition) is 0. The maximum absolute atomic E-state index is 10.9. The van der Waals surface area contributed by atoms with E-state index >= 15 is 0 Å². The van der Waals surface area contributed by atoms with E-state index < -0.39 is 6.10 Å². The minimum Gasteiger partial charge on any atom is -1.00 e. The largest absolute Gasteiger partial charge is 2.00 e. The van der Waals surface area contributed by atoms with Gasteiger partial charge in [0.15, 0.2) is 0 Å². The molecule has 1 rings (SSSR count). The fourth-order valence-corrected chi connectivity index (χ4v) is 1.41. The van der Waals surface area contributed by atoms with Crippen LogP contribution < -0.4 is 17.5 Å². The van der Waals surface area contributed by atoms with Crippen LogP contribution in [-0.4, -0.2) is 23.1 Å². The van der Waals surface area contributed by atoms with E-state index in [2.05, 4.69) is 15.9 Å². The molecule has 4 heteroatoms. The van der Waals surface area contributed by atoms with E-state index in [0.717, 1.165) is 10.0 Å². The minimum absolute atomic E-state index is 0. The summed E-state index contributed by atoms with van der Waals surface area (Å²) < 4.78 is 0.900. The molecule has 1 atom stereocenters. The summed E-state index contributed by atoms with van der Waals surface area (Å²) in [4.78, 5) is 0. The van der Waals surface area contributed by atoms with Crippen LogP contribution in [-0.2, 0) is 0 Å². The molecule has 0 heterocycles. The molecule has 0 saturated heterocycles. The predicted molar refractivity (Wildman–Crippen MR) is 48.3 cm³/mol. The average Bonchev–Trinajstić information content (AvgIpc) is 1.88. The van der Waals surface area contributed by atoms with Crippen molar-refractivity contribution in [3.63, 3.8) is 0 Å². The quantitative estimate of drug-likeness (QED) is 0.563. The van der Waals surface area contributed by atoms with E-state index in [4.69, 9.17) is 0 Å². The molecule has 1 nitrogen and oxygen atoms in total. The Morgan fingerprint density at radius 2 is 1.83 bits per heavy atom. The zero-order valence-corrected chi connectivity index (χ0v) is 10.5. The number of halogens is 2. The van der Waals surface area contributed by atoms with Crippen molar-refractivity contribution in [2.24, 2.45) is 0 Å². The summed E-state index contributed by atoms with van der Waals surface area (Å²) in [6, 6.07) is 7.48. The summed E-state index contributed by atoms with van der Waals surface area (Å²) in [5.74, 6) is 0. The monoisotopic (exact) mass is 258 g/mol. The Kier molecular flexibility index (Phi) is 9.06. The molecule has 0 saturated carbocycles. The van der Waals surface area contributed by atoms with Crippen molar-refractivity contribution in [1.82, 2.24) is 0 Å². The van der Waals surface area contributed by atoms with Crippen molar-refractivity contribution < 1.29 is 17.5 Å². The second-order valence-corrected chi connectivity index (χ2v) is 3.02. The third-order valence-electron chi connectivity index (χ3n) is 1.34. The van der Waals surface area contributed by atoms with Crippen LogP contribution in [0.5, 0.6) is 0 Å². The number of rotatable bonds is 1. The zero-order chi connectivity index (χ0) is 7.56. The molecule has 0 N–H and O–H groups in total. The molecule has 62 valence electrons. The Morgan fingerprint density at radius 1 is 1.33 bits per heavy atom. The van der Waals surface area contributed by atoms with Gasteiger partial charge in [-0.2, -0.15) is 0 Å². The van der Waals surface area contributed by atoms with E-state index in [1.807, 2.05) is 24.3 Å². The molecule has 0 unspecified atom stereocenters. The molecular weight excluding hydrogens is 252 g/mol. The van der Waals surface area contributed by atoms with Crippen LogP contribution in [0.3, 0.4) is 0 Å². The van der Waals surface area contributed by atoms with E-state index in [1.54, 1.807) is 6.92 Å². The molecule has 0 fully saturated rings. The summed E-state index contributed by atoms with van der Waals surface area (Å²) in [5.41, 5.74) is 0.822. The average molecular weight is 260 g/mol. The molecule has 0 radical (unpaired) electrons. The van der Waals surface area contributed by atoms with E-state index in [0.29, 0.717) is 0 Å². The first-order valence-corrected chi connectivity index (χ1v) is 3.91. The number of benzene rings is 1. The van der Waals surface area contributed by atoms with Crippen LogP contribution in [0.1, 0.15) is 18.6 Å². The van der Waals surface area contributed by atoms with Gasteiger partial charge >= 0.3 is 23.1 Å². The summed E-state index contributed by atoms with van der Waals surface area (Å²) in [5, 5.41) is 10.9. The molecule has 0 amide bonds. The predicted octanol–water partition coefficient (Wildman–Crippen LogP) is -1.51. The van der Waals surface area contributed by atoms with Crippen molar-refractivity contribution in [1.29, 1.82) is 0 Å². The zero-order valence-electron chi connectivity index (χ0n) is 6.76. The molecule has 0 aliphatic heterocycles. The van der Waals surface area contributed by atoms with Gasteiger partial charge in [-0.05, 0) is 11.6 Å². The molecule has 1 aromatic rings. The van der Waals surface area contributed by atoms with Crippen molar-refractivity contribution >= 4 is 39.0 Å². The van der Waals surface area contributed by atoms with Crippen LogP contribution >= 0.6 is 15.9 Å². The maximum Gasteiger partial charge on any atom is 2.00 e. The van der Waals surface area contributed by atoms with Gasteiger partial charge in [-0.25, -0.2) is 0 Å². The molecule has 0 aliphatic carbocycles. The molecular formula is C8H8BrClMgO. The summed E-state index contributed by atoms with van der Waals surface area (Å²) in [6.07, 6.45) is -0.643. The van der Waals surface area contributed by atoms with Gasteiger partial charge in [0.05, 0.1) is 0 Å². The molecule has 12 heavy (non-hydrogen) atoms. The maximum atomic E-state index is 10.9. The first-order valence-electron chi connectivity index (χ1n) is 3.12. The van der Waals surface area contributed by atoms with E-state index in [9.17, 15) is 5.11 Å². The van der Waals surface area contributed by atoms with Gasteiger partial charge in [0.2, 0.25) is 0 Å². The standard InChI is InChI=1S/C8H8BrO.ClH.Mg/c1-6(10)7-4-2-3-5-8(7)9;;/h2-6H,1H3;1H;/q-1;;+2/p-1/t6-;;/m0../s1. The molecule has 0 aliphatic rings. The van der Waals surface area contributed by atoms with Gasteiger partial charge in [0.25, 0.3) is 0 Å². The Balaban J connectivity index is 0. The third-order valence-corrected chi connectivity index (χ3v) is 2.07. The number of hydrogen-bond acceptors (Lipinski definition) is 1. The summed E-state index contributed by atoms with van der Waals surface area (Å²) in [6.45, 7) is 1.64. The normalized spacial score (nSPS) is 10.9. The molecule has 0 spiro atoms. The van der Waals surface area contributed by atoms with Crippen LogP contribution in [0.15, 0.2) is 28.7 Å². The SMILES string of the molecule is C[C@H]([O-])c1ccccc1Br.[Cl-].[Mg+2]. The van der Waals surface area contributed by atoms with E-state index in [1.165, 1.54) is 0 Å². The fourth-order valence-electron chi connectivity index (χ4n) is 0.805. The first-order chi connectivity index (χ1) is 4.72. The summed E-state index contributed by atoms with van der Waals surface area (Å²) in [7, 11) is 0. The van der Waals surface area contributed by atoms with Crippen LogP contribution in [0.25, 0.3) is 0 Å². The van der Waals surface area contributed by atoms with E-state index in [-0.39, 0.29) is 35.5 Å². The second kappa shape index (κ2) is 7.15. The van der Waals surface area contributed by atoms with Crippen LogP contribution in [0.4, 0.5) is 0 Å². The third kappa shape index (κ3) is 4.10. The van der Waals surface area contributed by atoms with Crippen molar-refractivity contribution in [2.75, 3.05) is 0 Å². The molecule has 0 bridgehead atoms. The van der Waals surface area contributed by atoms with Gasteiger partial charge < -0.3 is 17.5 Å². The van der Waals surface area contributed by atoms with Gasteiger partial charge in [0.1, 0.15) is 0 Å².